The van der Waals surface area contributed by atoms with Gasteiger partial charge in [0.05, 0.1) is 13.3 Å². The van der Waals surface area contributed by atoms with Crippen LogP contribution >= 0.6 is 0 Å². The highest BCUT2D eigenvalue weighted by Gasteiger charge is 2.14. The lowest BCUT2D eigenvalue weighted by atomic mass is 10.1. The number of phenolic OH excluding ortho intramolecular Hbond substituents is 1. The van der Waals surface area contributed by atoms with E-state index in [0.29, 0.717) is 22.4 Å². The first kappa shape index (κ1) is 26.0. The summed E-state index contributed by atoms with van der Waals surface area (Å²) in [5.74, 6) is -0.337. The van der Waals surface area contributed by atoms with E-state index in [9.17, 15) is 14.7 Å². The molecular weight excluding hydrogens is 456 g/mol. The van der Waals surface area contributed by atoms with Gasteiger partial charge in [-0.15, -0.1) is 0 Å². The summed E-state index contributed by atoms with van der Waals surface area (Å²) in [7, 11) is 1.57. The highest BCUT2D eigenvalue weighted by Crippen LogP contribution is 2.23. The molecule has 0 radical (unpaired) electrons. The second-order valence-corrected chi connectivity index (χ2v) is 7.77. The first-order valence-corrected chi connectivity index (χ1v) is 11.6. The van der Waals surface area contributed by atoms with Gasteiger partial charge < -0.3 is 20.1 Å². The number of benzene rings is 3. The summed E-state index contributed by atoms with van der Waals surface area (Å²) in [5, 5.41) is 17.0. The van der Waals surface area contributed by atoms with Gasteiger partial charge in [-0.3, -0.25) is 9.59 Å². The number of phenols is 1. The van der Waals surface area contributed by atoms with Crippen molar-refractivity contribution in [1.29, 1.82) is 0 Å². The lowest BCUT2D eigenvalue weighted by molar-refractivity contribution is -0.117. The van der Waals surface area contributed by atoms with Crippen LogP contribution in [0.15, 0.2) is 83.6 Å². The summed E-state index contributed by atoms with van der Waals surface area (Å²) >= 11 is 0. The van der Waals surface area contributed by atoms with Crippen LogP contribution in [0.1, 0.15) is 35.3 Å². The zero-order valence-electron chi connectivity index (χ0n) is 20.6. The molecule has 36 heavy (non-hydrogen) atoms. The van der Waals surface area contributed by atoms with Gasteiger partial charge in [0.1, 0.15) is 17.2 Å². The third-order valence-electron chi connectivity index (χ3n) is 5.47. The summed E-state index contributed by atoms with van der Waals surface area (Å²) in [4.78, 5) is 27.7. The topological polar surface area (TPSA) is 103 Å². The lowest BCUT2D eigenvalue weighted by Gasteiger charge is -2.21. The Bertz CT molecular complexity index is 1230. The Balaban J connectivity index is 1.78. The van der Waals surface area contributed by atoms with E-state index in [1.165, 1.54) is 6.21 Å². The van der Waals surface area contributed by atoms with Crippen LogP contribution in [0.25, 0.3) is 6.08 Å². The fourth-order valence-electron chi connectivity index (χ4n) is 3.46. The van der Waals surface area contributed by atoms with Crippen molar-refractivity contribution in [1.82, 2.24) is 10.7 Å². The number of aromatic hydroxyl groups is 1. The van der Waals surface area contributed by atoms with E-state index in [-0.39, 0.29) is 11.4 Å². The number of nitrogens with zero attached hydrogens (tertiary/aromatic N) is 2. The van der Waals surface area contributed by atoms with Gasteiger partial charge in [-0.05, 0) is 61.9 Å². The maximum Gasteiger partial charge on any atom is 0.287 e. The van der Waals surface area contributed by atoms with E-state index < -0.39 is 11.8 Å². The molecule has 0 aromatic heterocycles. The third-order valence-corrected chi connectivity index (χ3v) is 5.47. The van der Waals surface area contributed by atoms with Crippen molar-refractivity contribution in [2.75, 3.05) is 25.1 Å². The summed E-state index contributed by atoms with van der Waals surface area (Å²) < 4.78 is 5.17. The fraction of sp³-hybridized carbons (Fsp3) is 0.179. The molecule has 186 valence electrons. The Morgan fingerprint density at radius 2 is 1.69 bits per heavy atom. The molecule has 3 aromatic carbocycles. The number of rotatable bonds is 10. The van der Waals surface area contributed by atoms with Crippen molar-refractivity contribution in [3.8, 4) is 11.5 Å². The molecule has 3 rings (SSSR count). The quantitative estimate of drug-likeness (QED) is 0.227. The van der Waals surface area contributed by atoms with Gasteiger partial charge in [0, 0.05) is 36.0 Å². The van der Waals surface area contributed by atoms with Crippen LogP contribution in [-0.2, 0) is 4.79 Å². The number of nitrogens with one attached hydrogen (secondary N) is 2. The molecule has 0 heterocycles. The van der Waals surface area contributed by atoms with Gasteiger partial charge in [0.15, 0.2) is 0 Å². The number of carbonyl (C=O) groups is 2. The highest BCUT2D eigenvalue weighted by atomic mass is 16.5. The van der Waals surface area contributed by atoms with Crippen molar-refractivity contribution >= 4 is 29.8 Å². The number of hydrogen-bond donors (Lipinski definition) is 3. The monoisotopic (exact) mass is 486 g/mol. The maximum absolute atomic E-state index is 12.9. The number of methoxy groups -OCH3 is 1. The van der Waals surface area contributed by atoms with Crippen LogP contribution in [0.2, 0.25) is 0 Å². The standard InChI is InChI=1S/C28H30N4O4/c1-4-32(5-2)23-14-13-22(26(33)18-23)19-29-31-28(35)25(17-20-11-15-24(36-3)16-12-20)30-27(34)21-9-7-6-8-10-21/h6-19,33H,4-5H2,1-3H3,(H,30,34)(H,31,35). The van der Waals surface area contributed by atoms with Gasteiger partial charge in [-0.1, -0.05) is 30.3 Å². The number of ether oxygens (including phenoxy) is 1. The summed E-state index contributed by atoms with van der Waals surface area (Å²) in [5.41, 5.74) is 4.86. The van der Waals surface area contributed by atoms with E-state index in [1.807, 2.05) is 19.9 Å². The van der Waals surface area contributed by atoms with E-state index in [2.05, 4.69) is 20.7 Å². The zero-order chi connectivity index (χ0) is 25.9. The number of hydrogen-bond acceptors (Lipinski definition) is 6. The average Bonchev–Trinajstić information content (AvgIpc) is 2.91. The molecule has 0 aliphatic rings. The molecule has 0 saturated carbocycles. The van der Waals surface area contributed by atoms with Crippen LogP contribution in [0, 0.1) is 0 Å². The largest absolute Gasteiger partial charge is 0.507 e. The van der Waals surface area contributed by atoms with Crippen molar-refractivity contribution in [3.05, 3.63) is 95.2 Å². The van der Waals surface area contributed by atoms with Crippen LogP contribution in [-0.4, -0.2) is 43.3 Å². The molecule has 0 spiro atoms. The minimum absolute atomic E-state index is 0.00673. The average molecular weight is 487 g/mol. The Kier molecular flexibility index (Phi) is 9.22. The van der Waals surface area contributed by atoms with Crippen molar-refractivity contribution in [2.45, 2.75) is 13.8 Å². The number of amides is 2. The van der Waals surface area contributed by atoms with Crippen LogP contribution in [0.5, 0.6) is 11.5 Å². The molecule has 3 N–H and O–H groups in total. The predicted molar refractivity (Wildman–Crippen MR) is 142 cm³/mol. The van der Waals surface area contributed by atoms with Crippen molar-refractivity contribution < 1.29 is 19.4 Å². The Hall–Kier alpha value is -4.59. The lowest BCUT2D eigenvalue weighted by Crippen LogP contribution is -2.32. The Labute approximate surface area is 210 Å². The highest BCUT2D eigenvalue weighted by molar-refractivity contribution is 6.05. The minimum Gasteiger partial charge on any atom is -0.507 e. The molecule has 3 aromatic rings. The molecule has 0 atom stereocenters. The Morgan fingerprint density at radius 1 is 1.00 bits per heavy atom. The van der Waals surface area contributed by atoms with Gasteiger partial charge in [-0.2, -0.15) is 5.10 Å². The molecule has 0 fully saturated rings. The molecule has 0 aliphatic heterocycles. The second-order valence-electron chi connectivity index (χ2n) is 7.77. The van der Waals surface area contributed by atoms with E-state index in [1.54, 1.807) is 79.9 Å². The molecule has 8 nitrogen and oxygen atoms in total. The maximum atomic E-state index is 12.9. The van der Waals surface area contributed by atoms with Crippen LogP contribution < -0.4 is 20.4 Å². The zero-order valence-corrected chi connectivity index (χ0v) is 20.6. The van der Waals surface area contributed by atoms with E-state index in [0.717, 1.165) is 18.8 Å². The number of hydrazone groups is 1. The number of anilines is 1. The van der Waals surface area contributed by atoms with Gasteiger partial charge in [0.25, 0.3) is 11.8 Å². The molecule has 0 aliphatic carbocycles. The summed E-state index contributed by atoms with van der Waals surface area (Å²) in [6, 6.07) is 20.9. The molecule has 0 bridgehead atoms. The summed E-state index contributed by atoms with van der Waals surface area (Å²) in [6.07, 6.45) is 2.89. The molecule has 8 heteroatoms. The predicted octanol–water partition coefficient (Wildman–Crippen LogP) is 4.17. The normalized spacial score (nSPS) is 11.2. The minimum atomic E-state index is -0.620. The molecular formula is C28H30N4O4. The van der Waals surface area contributed by atoms with Crippen molar-refractivity contribution in [2.24, 2.45) is 5.10 Å². The van der Waals surface area contributed by atoms with Crippen molar-refractivity contribution in [3.63, 3.8) is 0 Å². The van der Waals surface area contributed by atoms with Crippen LogP contribution in [0.4, 0.5) is 5.69 Å². The smallest absolute Gasteiger partial charge is 0.287 e. The van der Waals surface area contributed by atoms with Crippen LogP contribution in [0.3, 0.4) is 0 Å². The molecule has 0 saturated heterocycles. The number of carbonyl (C=O) groups excluding carboxylic acids is 2. The Morgan fingerprint density at radius 3 is 2.31 bits per heavy atom. The molecule has 0 unspecified atom stereocenters. The van der Waals surface area contributed by atoms with Gasteiger partial charge in [-0.25, -0.2) is 5.43 Å². The first-order valence-electron chi connectivity index (χ1n) is 11.6. The van der Waals surface area contributed by atoms with E-state index in [4.69, 9.17) is 4.74 Å². The molecule has 2 amide bonds. The van der Waals surface area contributed by atoms with Gasteiger partial charge in [0.2, 0.25) is 0 Å². The first-order chi connectivity index (χ1) is 17.4. The second kappa shape index (κ2) is 12.8. The summed E-state index contributed by atoms with van der Waals surface area (Å²) in [6.45, 7) is 5.72. The third kappa shape index (κ3) is 6.96. The fourth-order valence-corrected chi connectivity index (χ4v) is 3.46. The SMILES string of the molecule is CCN(CC)c1ccc(C=NNC(=O)C(=Cc2ccc(OC)cc2)NC(=O)c2ccccc2)c(O)c1. The van der Waals surface area contributed by atoms with E-state index >= 15 is 0 Å². The van der Waals surface area contributed by atoms with Gasteiger partial charge >= 0.3 is 0 Å².